The van der Waals surface area contributed by atoms with E-state index in [0.29, 0.717) is 6.61 Å². The summed E-state index contributed by atoms with van der Waals surface area (Å²) in [5.74, 6) is -0.0275. The topological polar surface area (TPSA) is 69.0 Å². The predicted octanol–water partition coefficient (Wildman–Crippen LogP) is 1.62. The van der Waals surface area contributed by atoms with Crippen molar-refractivity contribution in [2.45, 2.75) is 31.9 Å². The first-order valence-corrected chi connectivity index (χ1v) is 7.11. The molecule has 6 nitrogen and oxygen atoms in total. The second-order valence-electron chi connectivity index (χ2n) is 5.16. The lowest BCUT2D eigenvalue weighted by atomic mass is 10.1. The Morgan fingerprint density at radius 3 is 2.86 bits per heavy atom. The molecular formula is C15H18N4O2. The van der Waals surface area contributed by atoms with Gasteiger partial charge in [-0.15, -0.1) is 0 Å². The Labute approximate surface area is 123 Å². The Balaban J connectivity index is 1.64. The van der Waals surface area contributed by atoms with E-state index in [2.05, 4.69) is 15.4 Å². The first-order valence-electron chi connectivity index (χ1n) is 7.11. The summed E-state index contributed by atoms with van der Waals surface area (Å²) in [6.45, 7) is 2.65. The molecule has 2 atom stereocenters. The average molecular weight is 286 g/mol. The third-order valence-electron chi connectivity index (χ3n) is 3.66. The van der Waals surface area contributed by atoms with Gasteiger partial charge in [0.05, 0.1) is 11.7 Å². The van der Waals surface area contributed by atoms with Crippen LogP contribution in [0.15, 0.2) is 36.9 Å². The van der Waals surface area contributed by atoms with Crippen molar-refractivity contribution < 1.29 is 9.53 Å². The molecule has 2 heterocycles. The molecule has 1 aromatic heterocycles. The van der Waals surface area contributed by atoms with Gasteiger partial charge in [0.25, 0.3) is 0 Å². The predicted molar refractivity (Wildman–Crippen MR) is 76.9 cm³/mol. The quantitative estimate of drug-likeness (QED) is 0.927. The van der Waals surface area contributed by atoms with E-state index >= 15 is 0 Å². The molecule has 1 aromatic carbocycles. The number of rotatable bonds is 4. The van der Waals surface area contributed by atoms with Gasteiger partial charge in [0.15, 0.2) is 0 Å². The van der Waals surface area contributed by atoms with Crippen LogP contribution in [0.4, 0.5) is 0 Å². The van der Waals surface area contributed by atoms with Crippen LogP contribution in [0.25, 0.3) is 5.69 Å². The molecule has 2 unspecified atom stereocenters. The van der Waals surface area contributed by atoms with Crippen molar-refractivity contribution in [2.75, 3.05) is 6.61 Å². The zero-order chi connectivity index (χ0) is 14.7. The van der Waals surface area contributed by atoms with E-state index in [9.17, 15) is 4.79 Å². The number of amides is 1. The fourth-order valence-corrected chi connectivity index (χ4v) is 2.43. The zero-order valence-electron chi connectivity index (χ0n) is 11.9. The van der Waals surface area contributed by atoms with E-state index in [-0.39, 0.29) is 18.1 Å². The Morgan fingerprint density at radius 2 is 2.24 bits per heavy atom. The summed E-state index contributed by atoms with van der Waals surface area (Å²) in [6.07, 6.45) is 4.63. The lowest BCUT2D eigenvalue weighted by molar-refractivity contribution is -0.130. The van der Waals surface area contributed by atoms with Crippen molar-refractivity contribution in [1.29, 1.82) is 0 Å². The molecule has 1 fully saturated rings. The van der Waals surface area contributed by atoms with E-state index in [4.69, 9.17) is 4.74 Å². The molecule has 0 saturated carbocycles. The normalized spacial score (nSPS) is 19.4. The number of nitrogens with zero attached hydrogens (tertiary/aromatic N) is 3. The van der Waals surface area contributed by atoms with Gasteiger partial charge in [-0.25, -0.2) is 9.67 Å². The fraction of sp³-hybridized carbons (Fsp3) is 0.400. The third kappa shape index (κ3) is 3.11. The summed E-state index contributed by atoms with van der Waals surface area (Å²) in [5, 5.41) is 7.07. The van der Waals surface area contributed by atoms with E-state index < -0.39 is 0 Å². The van der Waals surface area contributed by atoms with Crippen LogP contribution in [0.1, 0.15) is 31.4 Å². The van der Waals surface area contributed by atoms with Gasteiger partial charge in [-0.1, -0.05) is 12.1 Å². The molecule has 1 aliphatic heterocycles. The second-order valence-corrected chi connectivity index (χ2v) is 5.16. The van der Waals surface area contributed by atoms with Crippen LogP contribution < -0.4 is 5.32 Å². The maximum atomic E-state index is 12.0. The molecule has 0 bridgehead atoms. The van der Waals surface area contributed by atoms with E-state index in [0.717, 1.165) is 24.1 Å². The maximum Gasteiger partial charge on any atom is 0.249 e. The smallest absolute Gasteiger partial charge is 0.249 e. The monoisotopic (exact) mass is 286 g/mol. The van der Waals surface area contributed by atoms with Crippen LogP contribution >= 0.6 is 0 Å². The molecule has 0 spiro atoms. The zero-order valence-corrected chi connectivity index (χ0v) is 11.9. The molecule has 2 aromatic rings. The average Bonchev–Trinajstić information content (AvgIpc) is 3.20. The van der Waals surface area contributed by atoms with E-state index in [1.807, 2.05) is 31.2 Å². The van der Waals surface area contributed by atoms with Crippen LogP contribution in [0, 0.1) is 0 Å². The standard InChI is InChI=1S/C15H18N4O2/c1-11(18-15(20)14-3-2-8-21-14)12-4-6-13(7-5-12)19-10-16-9-17-19/h4-7,9-11,14H,2-3,8H2,1H3,(H,18,20). The number of carbonyl (C=O) groups excluding carboxylic acids is 1. The highest BCUT2D eigenvalue weighted by molar-refractivity contribution is 5.81. The molecule has 110 valence electrons. The molecule has 6 heteroatoms. The molecule has 21 heavy (non-hydrogen) atoms. The van der Waals surface area contributed by atoms with Crippen LogP contribution in [-0.4, -0.2) is 33.4 Å². The van der Waals surface area contributed by atoms with Crippen LogP contribution in [0.2, 0.25) is 0 Å². The molecular weight excluding hydrogens is 268 g/mol. The summed E-state index contributed by atoms with van der Waals surface area (Å²) in [7, 11) is 0. The maximum absolute atomic E-state index is 12.0. The van der Waals surface area contributed by atoms with Gasteiger partial charge in [-0.2, -0.15) is 5.10 Å². The highest BCUT2D eigenvalue weighted by Gasteiger charge is 2.24. The minimum atomic E-state index is -0.290. The molecule has 3 rings (SSSR count). The number of ether oxygens (including phenoxy) is 1. The Morgan fingerprint density at radius 1 is 1.43 bits per heavy atom. The van der Waals surface area contributed by atoms with E-state index in [1.54, 1.807) is 11.0 Å². The Kier molecular flexibility index (Phi) is 3.96. The summed E-state index contributed by atoms with van der Waals surface area (Å²) < 4.78 is 7.08. The summed E-state index contributed by atoms with van der Waals surface area (Å²) in [5.41, 5.74) is 1.99. The minimum Gasteiger partial charge on any atom is -0.368 e. The number of carbonyl (C=O) groups is 1. The summed E-state index contributed by atoms with van der Waals surface area (Å²) in [6, 6.07) is 7.83. The number of benzene rings is 1. The molecule has 0 aliphatic carbocycles. The van der Waals surface area contributed by atoms with Crippen molar-refractivity contribution >= 4 is 5.91 Å². The number of hydrogen-bond donors (Lipinski definition) is 1. The molecule has 1 N–H and O–H groups in total. The second kappa shape index (κ2) is 6.05. The van der Waals surface area contributed by atoms with Crippen molar-refractivity contribution in [1.82, 2.24) is 20.1 Å². The Hall–Kier alpha value is -2.21. The first-order chi connectivity index (χ1) is 10.2. The van der Waals surface area contributed by atoms with Crippen LogP contribution in [0.3, 0.4) is 0 Å². The van der Waals surface area contributed by atoms with Crippen LogP contribution in [-0.2, 0) is 9.53 Å². The SMILES string of the molecule is CC(NC(=O)C1CCCO1)c1ccc(-n2cncn2)cc1. The minimum absolute atomic E-state index is 0.0275. The molecule has 1 aliphatic rings. The van der Waals surface area contributed by atoms with Crippen molar-refractivity contribution in [3.63, 3.8) is 0 Å². The molecule has 1 saturated heterocycles. The highest BCUT2D eigenvalue weighted by Crippen LogP contribution is 2.17. The number of aromatic nitrogens is 3. The lowest BCUT2D eigenvalue weighted by Gasteiger charge is -2.17. The fourth-order valence-electron chi connectivity index (χ4n) is 2.43. The van der Waals surface area contributed by atoms with Gasteiger partial charge in [-0.05, 0) is 37.5 Å². The molecule has 0 radical (unpaired) electrons. The highest BCUT2D eigenvalue weighted by atomic mass is 16.5. The summed E-state index contributed by atoms with van der Waals surface area (Å²) in [4.78, 5) is 15.9. The van der Waals surface area contributed by atoms with E-state index in [1.165, 1.54) is 6.33 Å². The third-order valence-corrected chi connectivity index (χ3v) is 3.66. The number of hydrogen-bond acceptors (Lipinski definition) is 4. The first kappa shape index (κ1) is 13.8. The van der Waals surface area contributed by atoms with Gasteiger partial charge < -0.3 is 10.1 Å². The number of nitrogens with one attached hydrogen (secondary N) is 1. The Bertz CT molecular complexity index is 589. The van der Waals surface area contributed by atoms with Gasteiger partial charge in [-0.3, -0.25) is 4.79 Å². The molecule has 1 amide bonds. The van der Waals surface area contributed by atoms with Crippen molar-refractivity contribution in [2.24, 2.45) is 0 Å². The van der Waals surface area contributed by atoms with Gasteiger partial charge in [0.1, 0.15) is 18.8 Å². The van der Waals surface area contributed by atoms with Gasteiger partial charge >= 0.3 is 0 Å². The largest absolute Gasteiger partial charge is 0.368 e. The summed E-state index contributed by atoms with van der Waals surface area (Å²) >= 11 is 0. The van der Waals surface area contributed by atoms with Crippen molar-refractivity contribution in [3.8, 4) is 5.69 Å². The van der Waals surface area contributed by atoms with Crippen molar-refractivity contribution in [3.05, 3.63) is 42.5 Å². The van der Waals surface area contributed by atoms with Gasteiger partial charge in [0, 0.05) is 6.61 Å². The van der Waals surface area contributed by atoms with Gasteiger partial charge in [0.2, 0.25) is 5.91 Å². The lowest BCUT2D eigenvalue weighted by Crippen LogP contribution is -2.35. The van der Waals surface area contributed by atoms with Crippen LogP contribution in [0.5, 0.6) is 0 Å².